The summed E-state index contributed by atoms with van der Waals surface area (Å²) in [5.41, 5.74) is 1.19. The highest BCUT2D eigenvalue weighted by Gasteiger charge is 2.25. The van der Waals surface area contributed by atoms with Crippen LogP contribution < -0.4 is 26.2 Å². The van der Waals surface area contributed by atoms with Crippen LogP contribution in [0.25, 0.3) is 10.1 Å². The van der Waals surface area contributed by atoms with Crippen LogP contribution in [-0.4, -0.2) is 48.4 Å². The van der Waals surface area contributed by atoms with E-state index in [1.807, 2.05) is 13.0 Å². The van der Waals surface area contributed by atoms with Crippen LogP contribution in [0.2, 0.25) is 0 Å². The zero-order chi connectivity index (χ0) is 24.5. The molecule has 1 fully saturated rings. The molecule has 2 aliphatic heterocycles. The fourth-order valence-corrected chi connectivity index (χ4v) is 6.25. The summed E-state index contributed by atoms with van der Waals surface area (Å²) in [4.78, 5) is 45.2. The number of piperidine rings is 1. The van der Waals surface area contributed by atoms with E-state index in [4.69, 9.17) is 0 Å². The minimum Gasteiger partial charge on any atom is -0.381 e. The Morgan fingerprint density at radius 3 is 2.77 bits per heavy atom. The third kappa shape index (κ3) is 4.73. The van der Waals surface area contributed by atoms with Crippen LogP contribution in [-0.2, 0) is 4.79 Å². The minimum atomic E-state index is -0.365. The average molecular weight is 511 g/mol. The largest absolute Gasteiger partial charge is 0.381 e. The maximum atomic E-state index is 13.2. The van der Waals surface area contributed by atoms with Crippen molar-refractivity contribution in [2.24, 2.45) is 0 Å². The lowest BCUT2D eigenvalue weighted by Gasteiger charge is -2.25. The predicted octanol–water partition coefficient (Wildman–Crippen LogP) is 4.27. The normalized spacial score (nSPS) is 17.7. The number of anilines is 4. The lowest BCUT2D eigenvalue weighted by Crippen LogP contribution is -2.34. The fraction of sp³-hybridized carbons (Fsp3) is 0.333. The summed E-state index contributed by atoms with van der Waals surface area (Å²) in [5.74, 6) is -0.510. The first kappa shape index (κ1) is 23.3. The van der Waals surface area contributed by atoms with Crippen LogP contribution in [0, 0.1) is 0 Å². The van der Waals surface area contributed by atoms with Crippen LogP contribution >= 0.6 is 22.7 Å². The SMILES string of the molecule is C=CC(=O)Nc1sc(N2CCCCC2)nc1NC(=O)c1ccc2sc3c(c2c1)NCC(C)NC3=O. The molecule has 35 heavy (non-hydrogen) atoms. The van der Waals surface area contributed by atoms with E-state index in [1.54, 1.807) is 12.1 Å². The van der Waals surface area contributed by atoms with Gasteiger partial charge in [0.1, 0.15) is 9.88 Å². The summed E-state index contributed by atoms with van der Waals surface area (Å²) in [5, 5.41) is 14.0. The van der Waals surface area contributed by atoms with Crippen LogP contribution in [0.15, 0.2) is 30.9 Å². The van der Waals surface area contributed by atoms with Crippen molar-refractivity contribution in [3.63, 3.8) is 0 Å². The number of thiazole rings is 1. The van der Waals surface area contributed by atoms with Crippen molar-refractivity contribution in [1.82, 2.24) is 10.3 Å². The molecule has 11 heteroatoms. The smallest absolute Gasteiger partial charge is 0.263 e. The van der Waals surface area contributed by atoms with Gasteiger partial charge in [0.25, 0.3) is 11.8 Å². The third-order valence-electron chi connectivity index (χ3n) is 6.02. The average Bonchev–Trinajstić information content (AvgIpc) is 3.39. The zero-order valence-electron chi connectivity index (χ0n) is 19.3. The fourth-order valence-electron chi connectivity index (χ4n) is 4.21. The van der Waals surface area contributed by atoms with Gasteiger partial charge in [-0.2, -0.15) is 0 Å². The van der Waals surface area contributed by atoms with Gasteiger partial charge in [-0.05, 0) is 50.5 Å². The van der Waals surface area contributed by atoms with E-state index in [-0.39, 0.29) is 23.8 Å². The summed E-state index contributed by atoms with van der Waals surface area (Å²) < 4.78 is 0.920. The van der Waals surface area contributed by atoms with E-state index in [1.165, 1.54) is 35.2 Å². The molecule has 0 aliphatic carbocycles. The van der Waals surface area contributed by atoms with E-state index in [0.29, 0.717) is 27.8 Å². The molecule has 0 spiro atoms. The Morgan fingerprint density at radius 1 is 1.20 bits per heavy atom. The van der Waals surface area contributed by atoms with E-state index in [2.05, 4.69) is 37.7 Å². The molecule has 1 aromatic carbocycles. The molecule has 9 nitrogen and oxygen atoms in total. The lowest BCUT2D eigenvalue weighted by atomic mass is 10.1. The summed E-state index contributed by atoms with van der Waals surface area (Å²) in [6.45, 7) is 7.85. The number of amides is 3. The van der Waals surface area contributed by atoms with Gasteiger partial charge in [0, 0.05) is 41.3 Å². The summed E-state index contributed by atoms with van der Waals surface area (Å²) in [7, 11) is 0. The van der Waals surface area contributed by atoms with Gasteiger partial charge in [-0.15, -0.1) is 11.3 Å². The summed E-state index contributed by atoms with van der Waals surface area (Å²) in [6.07, 6.45) is 4.55. The monoisotopic (exact) mass is 510 g/mol. The van der Waals surface area contributed by atoms with Crippen molar-refractivity contribution in [3.05, 3.63) is 41.3 Å². The second kappa shape index (κ2) is 9.67. The predicted molar refractivity (Wildman–Crippen MR) is 142 cm³/mol. The highest BCUT2D eigenvalue weighted by atomic mass is 32.1. The van der Waals surface area contributed by atoms with Gasteiger partial charge in [-0.3, -0.25) is 14.4 Å². The van der Waals surface area contributed by atoms with Crippen molar-refractivity contribution in [2.75, 3.05) is 40.5 Å². The number of benzene rings is 1. The van der Waals surface area contributed by atoms with Crippen LogP contribution in [0.3, 0.4) is 0 Å². The third-order valence-corrected chi connectivity index (χ3v) is 8.22. The van der Waals surface area contributed by atoms with Gasteiger partial charge < -0.3 is 26.2 Å². The van der Waals surface area contributed by atoms with Crippen molar-refractivity contribution in [1.29, 1.82) is 0 Å². The number of fused-ring (bicyclic) bond motifs is 3. The van der Waals surface area contributed by atoms with Gasteiger partial charge >= 0.3 is 0 Å². The highest BCUT2D eigenvalue weighted by molar-refractivity contribution is 7.21. The van der Waals surface area contributed by atoms with Gasteiger partial charge in [-0.1, -0.05) is 17.9 Å². The first-order valence-electron chi connectivity index (χ1n) is 11.5. The van der Waals surface area contributed by atoms with Crippen molar-refractivity contribution in [2.45, 2.75) is 32.2 Å². The highest BCUT2D eigenvalue weighted by Crippen LogP contribution is 2.39. The Hall–Kier alpha value is -3.44. The minimum absolute atomic E-state index is 0.00611. The van der Waals surface area contributed by atoms with Crippen LogP contribution in [0.1, 0.15) is 46.2 Å². The number of hydrogen-bond donors (Lipinski definition) is 4. The number of carbonyl (C=O) groups is 3. The quantitative estimate of drug-likeness (QED) is 0.381. The maximum Gasteiger partial charge on any atom is 0.263 e. The number of carbonyl (C=O) groups excluding carboxylic acids is 3. The first-order valence-corrected chi connectivity index (χ1v) is 13.2. The Bertz CT molecular complexity index is 1320. The summed E-state index contributed by atoms with van der Waals surface area (Å²) >= 11 is 2.74. The number of hydrogen-bond acceptors (Lipinski definition) is 8. The Kier molecular flexibility index (Phi) is 6.44. The molecule has 1 unspecified atom stereocenters. The van der Waals surface area contributed by atoms with Gasteiger partial charge in [0.05, 0.1) is 5.69 Å². The zero-order valence-corrected chi connectivity index (χ0v) is 20.9. The Morgan fingerprint density at radius 2 is 2.00 bits per heavy atom. The Balaban J connectivity index is 1.44. The van der Waals surface area contributed by atoms with E-state index >= 15 is 0 Å². The molecule has 3 aromatic rings. The van der Waals surface area contributed by atoms with Crippen LogP contribution in [0.5, 0.6) is 0 Å². The molecular formula is C24H26N6O3S2. The van der Waals surface area contributed by atoms with E-state index in [0.717, 1.165) is 46.8 Å². The first-order chi connectivity index (χ1) is 16.9. The molecule has 5 rings (SSSR count). The van der Waals surface area contributed by atoms with Crippen molar-refractivity contribution < 1.29 is 14.4 Å². The van der Waals surface area contributed by atoms with E-state index in [9.17, 15) is 14.4 Å². The topological polar surface area (TPSA) is 115 Å². The molecule has 2 aliphatic rings. The van der Waals surface area contributed by atoms with E-state index < -0.39 is 0 Å². The van der Waals surface area contributed by atoms with Crippen molar-refractivity contribution in [3.8, 4) is 0 Å². The summed E-state index contributed by atoms with van der Waals surface area (Å²) in [6, 6.07) is 5.37. The number of thiophene rings is 1. The second-order valence-corrected chi connectivity index (χ2v) is 10.7. The molecule has 3 amide bonds. The Labute approximate surface area is 210 Å². The molecule has 2 aromatic heterocycles. The molecule has 1 saturated heterocycles. The molecule has 4 N–H and O–H groups in total. The second-order valence-electron chi connectivity index (χ2n) is 8.64. The number of rotatable bonds is 5. The number of nitrogens with one attached hydrogen (secondary N) is 4. The maximum absolute atomic E-state index is 13.2. The molecule has 182 valence electrons. The van der Waals surface area contributed by atoms with Crippen LogP contribution in [0.4, 0.5) is 21.6 Å². The van der Waals surface area contributed by atoms with Gasteiger partial charge in [0.2, 0.25) is 5.91 Å². The number of nitrogens with zero attached hydrogens (tertiary/aromatic N) is 2. The molecular weight excluding hydrogens is 484 g/mol. The lowest BCUT2D eigenvalue weighted by molar-refractivity contribution is -0.111. The molecule has 0 bridgehead atoms. The standard InChI is InChI=1S/C24H26N6O3S2/c1-3-17(31)27-23-20(29-24(35-23)30-9-5-4-6-10-30)28-21(32)14-7-8-16-15(11-14)18-19(34-16)22(33)26-13(2)12-25-18/h3,7-8,11,13,25H,1,4-6,9-10,12H2,2H3,(H,26,33)(H,27,31)(H,28,32). The number of aromatic nitrogens is 1. The molecule has 0 radical (unpaired) electrons. The molecule has 1 atom stereocenters. The molecule has 4 heterocycles. The van der Waals surface area contributed by atoms with Gasteiger partial charge in [0.15, 0.2) is 10.9 Å². The van der Waals surface area contributed by atoms with Crippen molar-refractivity contribution >= 4 is 72.1 Å². The molecule has 0 saturated carbocycles. The van der Waals surface area contributed by atoms with Gasteiger partial charge in [-0.25, -0.2) is 4.98 Å².